The smallest absolute Gasteiger partial charge is 0.255 e. The maximum absolute atomic E-state index is 12.9. The third-order valence-electron chi connectivity index (χ3n) is 5.70. The van der Waals surface area contributed by atoms with Crippen molar-refractivity contribution in [1.29, 1.82) is 0 Å². The number of likely N-dealkylation sites (tertiary alicyclic amines) is 1. The molecule has 1 atom stereocenters. The number of hydrogen-bond donors (Lipinski definition) is 1. The minimum absolute atomic E-state index is 0.0744. The zero-order chi connectivity index (χ0) is 20.2. The van der Waals surface area contributed by atoms with Crippen molar-refractivity contribution in [3.63, 3.8) is 0 Å². The molecule has 5 nitrogen and oxygen atoms in total. The van der Waals surface area contributed by atoms with Gasteiger partial charge in [0.1, 0.15) is 17.1 Å². The van der Waals surface area contributed by atoms with E-state index in [1.807, 2.05) is 25.1 Å². The SMILES string of the molecule is COc1ccc2oc(C)c(C(=O)NCC3CCCN(Cc4ccccc4)C3)c2c1. The summed E-state index contributed by atoms with van der Waals surface area (Å²) in [4.78, 5) is 15.4. The fourth-order valence-corrected chi connectivity index (χ4v) is 4.24. The Morgan fingerprint density at radius 3 is 2.86 bits per heavy atom. The second-order valence-corrected chi connectivity index (χ2v) is 7.83. The van der Waals surface area contributed by atoms with Crippen LogP contribution in [0.2, 0.25) is 0 Å². The highest BCUT2D eigenvalue weighted by molar-refractivity contribution is 6.07. The second-order valence-electron chi connectivity index (χ2n) is 7.83. The summed E-state index contributed by atoms with van der Waals surface area (Å²) in [5.41, 5.74) is 2.66. The molecule has 0 radical (unpaired) electrons. The maximum atomic E-state index is 12.9. The van der Waals surface area contributed by atoms with Crippen LogP contribution in [0.3, 0.4) is 0 Å². The molecule has 3 aromatic rings. The van der Waals surface area contributed by atoms with Crippen molar-refractivity contribution in [2.75, 3.05) is 26.7 Å². The van der Waals surface area contributed by atoms with E-state index in [4.69, 9.17) is 9.15 Å². The average Bonchev–Trinajstić information content (AvgIpc) is 3.08. The van der Waals surface area contributed by atoms with E-state index < -0.39 is 0 Å². The first-order valence-corrected chi connectivity index (χ1v) is 10.3. The summed E-state index contributed by atoms with van der Waals surface area (Å²) in [6.45, 7) is 5.61. The fraction of sp³-hybridized carbons (Fsp3) is 0.375. The summed E-state index contributed by atoms with van der Waals surface area (Å²) in [5, 5.41) is 3.94. The summed E-state index contributed by atoms with van der Waals surface area (Å²) in [7, 11) is 1.62. The highest BCUT2D eigenvalue weighted by Crippen LogP contribution is 2.29. The van der Waals surface area contributed by atoms with E-state index in [2.05, 4.69) is 40.5 Å². The monoisotopic (exact) mass is 392 g/mol. The summed E-state index contributed by atoms with van der Waals surface area (Å²) in [5.74, 6) is 1.75. The lowest BCUT2D eigenvalue weighted by Crippen LogP contribution is -2.40. The lowest BCUT2D eigenvalue weighted by Gasteiger charge is -2.32. The van der Waals surface area contributed by atoms with Crippen LogP contribution >= 0.6 is 0 Å². The quantitative estimate of drug-likeness (QED) is 0.676. The molecular formula is C24H28N2O3. The molecule has 1 aliphatic rings. The number of fused-ring (bicyclic) bond motifs is 1. The van der Waals surface area contributed by atoms with Crippen LogP contribution in [0.4, 0.5) is 0 Å². The van der Waals surface area contributed by atoms with Crippen LogP contribution in [-0.2, 0) is 6.54 Å². The number of rotatable bonds is 6. The van der Waals surface area contributed by atoms with E-state index in [1.165, 1.54) is 5.56 Å². The van der Waals surface area contributed by atoms with E-state index >= 15 is 0 Å². The molecule has 1 amide bonds. The molecule has 5 heteroatoms. The van der Waals surface area contributed by atoms with Gasteiger partial charge in [-0.05, 0) is 56.0 Å². The highest BCUT2D eigenvalue weighted by atomic mass is 16.5. The van der Waals surface area contributed by atoms with Gasteiger partial charge in [0.2, 0.25) is 0 Å². The molecule has 1 aromatic heterocycles. The van der Waals surface area contributed by atoms with Crippen molar-refractivity contribution in [1.82, 2.24) is 10.2 Å². The Kier molecular flexibility index (Phi) is 5.86. The standard InChI is InChI=1S/C24H28N2O3/c1-17-23(21-13-20(28-2)10-11-22(21)29-17)24(27)25-14-19-9-6-12-26(16-19)15-18-7-4-3-5-8-18/h3-5,7-8,10-11,13,19H,6,9,12,14-16H2,1-2H3,(H,25,27). The molecule has 1 fully saturated rings. The van der Waals surface area contributed by atoms with Crippen molar-refractivity contribution in [3.8, 4) is 5.75 Å². The van der Waals surface area contributed by atoms with Gasteiger partial charge in [0.25, 0.3) is 5.91 Å². The number of carbonyl (C=O) groups excluding carboxylic acids is 1. The first-order chi connectivity index (χ1) is 14.1. The van der Waals surface area contributed by atoms with Gasteiger partial charge in [-0.15, -0.1) is 0 Å². The lowest BCUT2D eigenvalue weighted by atomic mass is 9.97. The van der Waals surface area contributed by atoms with Gasteiger partial charge < -0.3 is 14.5 Å². The number of nitrogens with one attached hydrogen (secondary N) is 1. The third kappa shape index (κ3) is 4.46. The van der Waals surface area contributed by atoms with Gasteiger partial charge >= 0.3 is 0 Å². The molecule has 1 unspecified atom stereocenters. The minimum atomic E-state index is -0.0744. The molecule has 1 N–H and O–H groups in total. The number of amides is 1. The molecule has 1 saturated heterocycles. The van der Waals surface area contributed by atoms with E-state index in [-0.39, 0.29) is 5.91 Å². The minimum Gasteiger partial charge on any atom is -0.497 e. The predicted octanol–water partition coefficient (Wildman–Crippen LogP) is 4.39. The summed E-state index contributed by atoms with van der Waals surface area (Å²) in [6.07, 6.45) is 2.31. The molecule has 2 heterocycles. The van der Waals surface area contributed by atoms with Gasteiger partial charge in [-0.25, -0.2) is 0 Å². The largest absolute Gasteiger partial charge is 0.497 e. The van der Waals surface area contributed by atoms with Crippen LogP contribution in [0, 0.1) is 12.8 Å². The van der Waals surface area contributed by atoms with Crippen LogP contribution in [0.1, 0.15) is 34.5 Å². The first kappa shape index (κ1) is 19.5. The normalized spacial score (nSPS) is 17.4. The van der Waals surface area contributed by atoms with Crippen LogP contribution in [0.15, 0.2) is 52.9 Å². The van der Waals surface area contributed by atoms with E-state index in [9.17, 15) is 4.79 Å². The molecule has 0 spiro atoms. The van der Waals surface area contributed by atoms with Crippen molar-refractivity contribution in [2.45, 2.75) is 26.3 Å². The Bertz CT molecular complexity index is 980. The number of methoxy groups -OCH3 is 1. The Labute approximate surface area is 171 Å². The zero-order valence-corrected chi connectivity index (χ0v) is 17.1. The van der Waals surface area contributed by atoms with Gasteiger partial charge in [-0.1, -0.05) is 30.3 Å². The Balaban J connectivity index is 1.39. The summed E-state index contributed by atoms with van der Waals surface area (Å²) < 4.78 is 11.1. The first-order valence-electron chi connectivity index (χ1n) is 10.3. The van der Waals surface area contributed by atoms with E-state index in [0.29, 0.717) is 29.4 Å². The summed E-state index contributed by atoms with van der Waals surface area (Å²) >= 11 is 0. The van der Waals surface area contributed by atoms with Gasteiger partial charge in [0.05, 0.1) is 12.7 Å². The zero-order valence-electron chi connectivity index (χ0n) is 17.1. The van der Waals surface area contributed by atoms with Crippen LogP contribution in [0.25, 0.3) is 11.0 Å². The highest BCUT2D eigenvalue weighted by Gasteiger charge is 2.23. The molecule has 0 saturated carbocycles. The van der Waals surface area contributed by atoms with Gasteiger partial charge in [-0.3, -0.25) is 9.69 Å². The number of piperidine rings is 1. The number of ether oxygens (including phenoxy) is 1. The number of carbonyl (C=O) groups is 1. The van der Waals surface area contributed by atoms with Gasteiger partial charge in [0.15, 0.2) is 0 Å². The van der Waals surface area contributed by atoms with E-state index in [0.717, 1.165) is 43.6 Å². The average molecular weight is 392 g/mol. The Morgan fingerprint density at radius 2 is 2.07 bits per heavy atom. The maximum Gasteiger partial charge on any atom is 0.255 e. The summed E-state index contributed by atoms with van der Waals surface area (Å²) in [6, 6.07) is 16.1. The van der Waals surface area contributed by atoms with Crippen LogP contribution < -0.4 is 10.1 Å². The third-order valence-corrected chi connectivity index (χ3v) is 5.70. The van der Waals surface area contributed by atoms with Crippen molar-refractivity contribution < 1.29 is 13.9 Å². The number of nitrogens with zero attached hydrogens (tertiary/aromatic N) is 1. The molecular weight excluding hydrogens is 364 g/mol. The number of furan rings is 1. The van der Waals surface area contributed by atoms with Crippen molar-refractivity contribution in [3.05, 3.63) is 65.4 Å². The molecule has 29 heavy (non-hydrogen) atoms. The second kappa shape index (κ2) is 8.70. The molecule has 152 valence electrons. The number of benzene rings is 2. The molecule has 1 aliphatic heterocycles. The molecule has 0 aliphatic carbocycles. The van der Waals surface area contributed by atoms with E-state index in [1.54, 1.807) is 7.11 Å². The molecule has 2 aromatic carbocycles. The van der Waals surface area contributed by atoms with Crippen molar-refractivity contribution >= 4 is 16.9 Å². The number of aryl methyl sites for hydroxylation is 1. The van der Waals surface area contributed by atoms with Gasteiger partial charge in [0, 0.05) is 25.0 Å². The molecule has 4 rings (SSSR count). The van der Waals surface area contributed by atoms with Gasteiger partial charge in [-0.2, -0.15) is 0 Å². The van der Waals surface area contributed by atoms with Crippen LogP contribution in [-0.4, -0.2) is 37.6 Å². The fourth-order valence-electron chi connectivity index (χ4n) is 4.24. The van der Waals surface area contributed by atoms with Crippen molar-refractivity contribution in [2.24, 2.45) is 5.92 Å². The predicted molar refractivity (Wildman–Crippen MR) is 114 cm³/mol. The molecule has 0 bridgehead atoms. The van der Waals surface area contributed by atoms with Crippen LogP contribution in [0.5, 0.6) is 5.75 Å². The number of hydrogen-bond acceptors (Lipinski definition) is 4. The topological polar surface area (TPSA) is 54.7 Å². The lowest BCUT2D eigenvalue weighted by molar-refractivity contribution is 0.0930. The Morgan fingerprint density at radius 1 is 1.24 bits per heavy atom. The Hall–Kier alpha value is -2.79.